The lowest BCUT2D eigenvalue weighted by atomic mass is 9.85. The molecule has 0 aliphatic carbocycles. The largest absolute Gasteiger partial charge is 0.505 e. The second-order valence-electron chi connectivity index (χ2n) is 5.97. The normalized spacial score (nSPS) is 11.5. The van der Waals surface area contributed by atoms with E-state index in [2.05, 4.69) is 10.5 Å². The van der Waals surface area contributed by atoms with E-state index >= 15 is 0 Å². The molecule has 3 rings (SSSR count). The maximum absolute atomic E-state index is 12.9. The Morgan fingerprint density at radius 3 is 1.86 bits per heavy atom. The lowest BCUT2D eigenvalue weighted by Crippen LogP contribution is -2.43. The van der Waals surface area contributed by atoms with Gasteiger partial charge in [0.1, 0.15) is 0 Å². The molecule has 28 heavy (non-hydrogen) atoms. The van der Waals surface area contributed by atoms with Crippen molar-refractivity contribution < 1.29 is 15.0 Å². The van der Waals surface area contributed by atoms with Gasteiger partial charge in [0.25, 0.3) is 5.91 Å². The van der Waals surface area contributed by atoms with Gasteiger partial charge in [-0.1, -0.05) is 83.9 Å². The topological polar surface area (TPSA) is 81.9 Å². The molecule has 0 saturated heterocycles. The van der Waals surface area contributed by atoms with E-state index in [0.717, 1.165) is 0 Å². The van der Waals surface area contributed by atoms with Crippen LogP contribution in [0.5, 0.6) is 5.75 Å². The van der Waals surface area contributed by atoms with E-state index in [4.69, 9.17) is 23.2 Å². The molecule has 7 heteroatoms. The van der Waals surface area contributed by atoms with Crippen molar-refractivity contribution in [2.45, 2.75) is 5.60 Å². The first-order valence-electron chi connectivity index (χ1n) is 8.28. The number of hydrogen-bond donors (Lipinski definition) is 3. The van der Waals surface area contributed by atoms with Crippen molar-refractivity contribution >= 4 is 35.3 Å². The van der Waals surface area contributed by atoms with E-state index in [1.54, 1.807) is 60.7 Å². The summed E-state index contributed by atoms with van der Waals surface area (Å²) in [6, 6.07) is 20.1. The van der Waals surface area contributed by atoms with Crippen LogP contribution in [0.3, 0.4) is 0 Å². The number of carbonyl (C=O) groups is 1. The second-order valence-corrected chi connectivity index (χ2v) is 6.79. The van der Waals surface area contributed by atoms with Crippen LogP contribution in [0.25, 0.3) is 0 Å². The van der Waals surface area contributed by atoms with Gasteiger partial charge in [-0.3, -0.25) is 4.79 Å². The molecular weight excluding hydrogens is 399 g/mol. The third kappa shape index (κ3) is 4.02. The smallest absolute Gasteiger partial charge is 0.281 e. The van der Waals surface area contributed by atoms with Crippen molar-refractivity contribution in [1.29, 1.82) is 0 Å². The highest BCUT2D eigenvalue weighted by molar-refractivity contribution is 6.37. The number of hydrogen-bond acceptors (Lipinski definition) is 4. The van der Waals surface area contributed by atoms with Gasteiger partial charge in [0.15, 0.2) is 11.4 Å². The predicted octanol–water partition coefficient (Wildman–Crippen LogP) is 4.09. The molecule has 0 heterocycles. The van der Waals surface area contributed by atoms with E-state index < -0.39 is 11.5 Å². The molecule has 0 radical (unpaired) electrons. The monoisotopic (exact) mass is 414 g/mol. The molecule has 0 fully saturated rings. The molecule has 0 saturated carbocycles. The second kappa shape index (κ2) is 8.44. The molecule has 3 aromatic rings. The average molecular weight is 415 g/mol. The Balaban J connectivity index is 1.89. The molecule has 5 nitrogen and oxygen atoms in total. The summed E-state index contributed by atoms with van der Waals surface area (Å²) in [6.07, 6.45) is 1.31. The van der Waals surface area contributed by atoms with Crippen LogP contribution in [0.15, 0.2) is 77.9 Å². The van der Waals surface area contributed by atoms with E-state index in [0.29, 0.717) is 16.7 Å². The fourth-order valence-electron chi connectivity index (χ4n) is 2.69. The molecule has 0 bridgehead atoms. The zero-order valence-corrected chi connectivity index (χ0v) is 16.0. The lowest BCUT2D eigenvalue weighted by Gasteiger charge is -2.27. The number of benzene rings is 3. The van der Waals surface area contributed by atoms with Gasteiger partial charge in [0.2, 0.25) is 0 Å². The van der Waals surface area contributed by atoms with Crippen LogP contribution in [0.2, 0.25) is 10.0 Å². The first-order chi connectivity index (χ1) is 13.4. The minimum atomic E-state index is -1.93. The lowest BCUT2D eigenvalue weighted by molar-refractivity contribution is -0.136. The summed E-state index contributed by atoms with van der Waals surface area (Å²) >= 11 is 11.7. The number of nitrogens with zero attached hydrogens (tertiary/aromatic N) is 1. The average Bonchev–Trinajstić information content (AvgIpc) is 2.72. The molecule has 3 aromatic carbocycles. The molecule has 0 spiro atoms. The summed E-state index contributed by atoms with van der Waals surface area (Å²) < 4.78 is 0. The third-order valence-corrected chi connectivity index (χ3v) is 4.71. The highest BCUT2D eigenvalue weighted by atomic mass is 35.5. The number of nitrogens with one attached hydrogen (secondary N) is 1. The quantitative estimate of drug-likeness (QED) is 0.434. The van der Waals surface area contributed by atoms with Crippen LogP contribution in [0.4, 0.5) is 0 Å². The van der Waals surface area contributed by atoms with Crippen LogP contribution >= 0.6 is 23.2 Å². The zero-order valence-electron chi connectivity index (χ0n) is 14.5. The van der Waals surface area contributed by atoms with Crippen molar-refractivity contribution in [3.05, 3.63) is 99.5 Å². The molecule has 0 aliphatic heterocycles. The number of aromatic hydroxyl groups is 1. The van der Waals surface area contributed by atoms with E-state index in [-0.39, 0.29) is 15.8 Å². The number of phenols is 1. The summed E-state index contributed by atoms with van der Waals surface area (Å²) in [5, 5.41) is 24.9. The zero-order chi connectivity index (χ0) is 20.1. The highest BCUT2D eigenvalue weighted by Crippen LogP contribution is 2.32. The Hall–Kier alpha value is -2.86. The van der Waals surface area contributed by atoms with Gasteiger partial charge in [0, 0.05) is 0 Å². The van der Waals surface area contributed by atoms with Crippen LogP contribution < -0.4 is 5.43 Å². The Morgan fingerprint density at radius 2 is 1.39 bits per heavy atom. The molecule has 3 N–H and O–H groups in total. The summed E-state index contributed by atoms with van der Waals surface area (Å²) in [6.45, 7) is 0. The number of halogens is 2. The van der Waals surface area contributed by atoms with E-state index in [1.807, 2.05) is 0 Å². The first-order valence-corrected chi connectivity index (χ1v) is 9.03. The molecule has 1 amide bonds. The summed E-state index contributed by atoms with van der Waals surface area (Å²) in [5.74, 6) is -0.954. The van der Waals surface area contributed by atoms with Crippen molar-refractivity contribution in [3.63, 3.8) is 0 Å². The fraction of sp³-hybridized carbons (Fsp3) is 0.0476. The van der Waals surface area contributed by atoms with Crippen molar-refractivity contribution in [2.24, 2.45) is 5.10 Å². The van der Waals surface area contributed by atoms with Crippen LogP contribution in [0.1, 0.15) is 16.7 Å². The number of hydrazone groups is 1. The summed E-state index contributed by atoms with van der Waals surface area (Å²) in [4.78, 5) is 12.9. The standard InChI is InChI=1S/C21H16Cl2N2O3/c22-17-11-14(12-18(23)19(17)26)13-24-25-20(27)21(28,15-7-3-1-4-8-15)16-9-5-2-6-10-16/h1-13,26,28H,(H,25,27). The van der Waals surface area contributed by atoms with Crippen LogP contribution in [0, 0.1) is 0 Å². The van der Waals surface area contributed by atoms with Gasteiger partial charge in [0.05, 0.1) is 16.3 Å². The Morgan fingerprint density at radius 1 is 0.929 bits per heavy atom. The van der Waals surface area contributed by atoms with Gasteiger partial charge in [-0.05, 0) is 28.8 Å². The van der Waals surface area contributed by atoms with Gasteiger partial charge in [-0.15, -0.1) is 0 Å². The van der Waals surface area contributed by atoms with Crippen molar-refractivity contribution in [3.8, 4) is 5.75 Å². The van der Waals surface area contributed by atoms with Gasteiger partial charge < -0.3 is 10.2 Å². The van der Waals surface area contributed by atoms with Crippen molar-refractivity contribution in [1.82, 2.24) is 5.43 Å². The predicted molar refractivity (Wildman–Crippen MR) is 110 cm³/mol. The maximum Gasteiger partial charge on any atom is 0.281 e. The molecule has 0 unspecified atom stereocenters. The SMILES string of the molecule is O=C(NN=Cc1cc(Cl)c(O)c(Cl)c1)C(O)(c1ccccc1)c1ccccc1. The minimum absolute atomic E-state index is 0.0605. The Kier molecular flexibility index (Phi) is 5.99. The van der Waals surface area contributed by atoms with E-state index in [9.17, 15) is 15.0 Å². The molecule has 0 aliphatic rings. The maximum atomic E-state index is 12.9. The number of rotatable bonds is 5. The Bertz CT molecular complexity index is 946. The number of amides is 1. The molecule has 0 aromatic heterocycles. The number of carbonyl (C=O) groups excluding carboxylic acids is 1. The molecular formula is C21H16Cl2N2O3. The first kappa shape index (κ1) is 19.9. The fourth-order valence-corrected chi connectivity index (χ4v) is 3.20. The molecule has 0 atom stereocenters. The van der Waals surface area contributed by atoms with Crippen LogP contribution in [-0.4, -0.2) is 22.3 Å². The minimum Gasteiger partial charge on any atom is -0.505 e. The van der Waals surface area contributed by atoms with E-state index in [1.165, 1.54) is 18.3 Å². The van der Waals surface area contributed by atoms with Crippen molar-refractivity contribution in [2.75, 3.05) is 0 Å². The van der Waals surface area contributed by atoms with Gasteiger partial charge >= 0.3 is 0 Å². The Labute approximate surface area is 171 Å². The highest BCUT2D eigenvalue weighted by Gasteiger charge is 2.39. The summed E-state index contributed by atoms with van der Waals surface area (Å²) in [5.41, 5.74) is 1.71. The molecule has 142 valence electrons. The number of aliphatic hydroxyl groups is 1. The van der Waals surface area contributed by atoms with Gasteiger partial charge in [-0.25, -0.2) is 5.43 Å². The summed E-state index contributed by atoms with van der Waals surface area (Å²) in [7, 11) is 0. The third-order valence-electron chi connectivity index (χ3n) is 4.13. The van der Waals surface area contributed by atoms with Crippen LogP contribution in [-0.2, 0) is 10.4 Å². The van der Waals surface area contributed by atoms with Gasteiger partial charge in [-0.2, -0.15) is 5.10 Å². The number of phenolic OH excluding ortho intramolecular Hbond substituents is 1.